The van der Waals surface area contributed by atoms with Gasteiger partial charge in [0, 0.05) is 6.04 Å². The van der Waals surface area contributed by atoms with Gasteiger partial charge in [0.15, 0.2) is 0 Å². The minimum absolute atomic E-state index is 0.298. The molecule has 15 heavy (non-hydrogen) atoms. The van der Waals surface area contributed by atoms with Crippen LogP contribution < -0.4 is 5.73 Å². The van der Waals surface area contributed by atoms with Gasteiger partial charge in [0.25, 0.3) is 0 Å². The van der Waals surface area contributed by atoms with Crippen molar-refractivity contribution in [2.24, 2.45) is 5.73 Å². The second-order valence-corrected chi connectivity index (χ2v) is 3.34. The number of hydrogen-bond acceptors (Lipinski definition) is 2. The van der Waals surface area contributed by atoms with E-state index in [2.05, 4.69) is 4.98 Å². The van der Waals surface area contributed by atoms with Crippen molar-refractivity contribution in [1.82, 2.24) is 4.98 Å². The number of nitrogens with two attached hydrogens (primary N) is 1. The second kappa shape index (κ2) is 4.61. The van der Waals surface area contributed by atoms with Crippen molar-refractivity contribution in [3.05, 3.63) is 29.6 Å². The number of aromatic nitrogens is 1. The van der Waals surface area contributed by atoms with Gasteiger partial charge in [-0.1, -0.05) is 19.4 Å². The fraction of sp³-hybridized carbons (Fsp3) is 0.500. The number of halogens is 3. The van der Waals surface area contributed by atoms with E-state index in [1.165, 1.54) is 12.1 Å². The number of hydrogen-bond donors (Lipinski definition) is 1. The highest BCUT2D eigenvalue weighted by Gasteiger charge is 2.32. The lowest BCUT2D eigenvalue weighted by Gasteiger charge is -2.12. The topological polar surface area (TPSA) is 38.9 Å². The van der Waals surface area contributed by atoms with Crippen LogP contribution in [0, 0.1) is 0 Å². The van der Waals surface area contributed by atoms with Crippen LogP contribution in [0.1, 0.15) is 37.2 Å². The van der Waals surface area contributed by atoms with Gasteiger partial charge >= 0.3 is 6.18 Å². The summed E-state index contributed by atoms with van der Waals surface area (Å²) in [6.07, 6.45) is -2.95. The highest BCUT2D eigenvalue weighted by molar-refractivity contribution is 5.16. The molecule has 0 bridgehead atoms. The standard InChI is InChI=1S/C10H13F3N2/c1-2-4-7(14)8-5-3-6-9(15-8)10(11,12)13/h3,5-7H,2,4,14H2,1H3. The van der Waals surface area contributed by atoms with Gasteiger partial charge in [-0.15, -0.1) is 0 Å². The van der Waals surface area contributed by atoms with Gasteiger partial charge < -0.3 is 5.73 Å². The quantitative estimate of drug-likeness (QED) is 0.847. The van der Waals surface area contributed by atoms with Crippen LogP contribution in [0.5, 0.6) is 0 Å². The first kappa shape index (κ1) is 12.0. The van der Waals surface area contributed by atoms with Crippen molar-refractivity contribution in [1.29, 1.82) is 0 Å². The van der Waals surface area contributed by atoms with Crippen LogP contribution in [0.3, 0.4) is 0 Å². The van der Waals surface area contributed by atoms with E-state index in [9.17, 15) is 13.2 Å². The number of nitrogens with zero attached hydrogens (tertiary/aromatic N) is 1. The highest BCUT2D eigenvalue weighted by atomic mass is 19.4. The zero-order chi connectivity index (χ0) is 11.5. The summed E-state index contributed by atoms with van der Waals surface area (Å²) in [7, 11) is 0. The molecule has 0 aromatic carbocycles. The van der Waals surface area contributed by atoms with E-state index in [0.29, 0.717) is 12.1 Å². The van der Waals surface area contributed by atoms with E-state index in [0.717, 1.165) is 12.5 Å². The maximum atomic E-state index is 12.3. The van der Waals surface area contributed by atoms with Crippen molar-refractivity contribution < 1.29 is 13.2 Å². The summed E-state index contributed by atoms with van der Waals surface area (Å²) in [5.74, 6) is 0. The Morgan fingerprint density at radius 1 is 1.40 bits per heavy atom. The molecule has 0 aliphatic rings. The molecular weight excluding hydrogens is 205 g/mol. The third kappa shape index (κ3) is 3.20. The number of pyridine rings is 1. The van der Waals surface area contributed by atoms with E-state index in [4.69, 9.17) is 5.73 Å². The predicted octanol–water partition coefficient (Wildman–Crippen LogP) is 2.90. The minimum Gasteiger partial charge on any atom is -0.323 e. The van der Waals surface area contributed by atoms with Crippen LogP contribution >= 0.6 is 0 Å². The Bertz CT molecular complexity index is 323. The number of rotatable bonds is 3. The normalized spacial score (nSPS) is 13.9. The van der Waals surface area contributed by atoms with Gasteiger partial charge in [-0.05, 0) is 18.6 Å². The van der Waals surface area contributed by atoms with E-state index >= 15 is 0 Å². The average Bonchev–Trinajstić information content (AvgIpc) is 2.17. The molecule has 84 valence electrons. The smallest absolute Gasteiger partial charge is 0.323 e. The molecule has 1 unspecified atom stereocenters. The van der Waals surface area contributed by atoms with Crippen LogP contribution in [0.4, 0.5) is 13.2 Å². The molecule has 1 aromatic rings. The van der Waals surface area contributed by atoms with Gasteiger partial charge in [0.05, 0.1) is 5.69 Å². The summed E-state index contributed by atoms with van der Waals surface area (Å²) in [5, 5.41) is 0. The molecule has 0 saturated carbocycles. The van der Waals surface area contributed by atoms with E-state index in [-0.39, 0.29) is 0 Å². The van der Waals surface area contributed by atoms with Crippen LogP contribution in [0.25, 0.3) is 0 Å². The summed E-state index contributed by atoms with van der Waals surface area (Å²) >= 11 is 0. The zero-order valence-corrected chi connectivity index (χ0v) is 8.38. The first-order chi connectivity index (χ1) is 6.95. The van der Waals surface area contributed by atoms with Crippen LogP contribution in [-0.2, 0) is 6.18 Å². The Kier molecular flexibility index (Phi) is 3.68. The lowest BCUT2D eigenvalue weighted by molar-refractivity contribution is -0.141. The van der Waals surface area contributed by atoms with Crippen LogP contribution in [0.15, 0.2) is 18.2 Å². The van der Waals surface area contributed by atoms with E-state index in [1.54, 1.807) is 0 Å². The Balaban J connectivity index is 2.92. The fourth-order valence-corrected chi connectivity index (χ4v) is 1.27. The van der Waals surface area contributed by atoms with Crippen molar-refractivity contribution in [3.8, 4) is 0 Å². The third-order valence-electron chi connectivity index (χ3n) is 2.04. The molecule has 0 aliphatic heterocycles. The SMILES string of the molecule is CCCC(N)c1cccc(C(F)(F)F)n1. The van der Waals surface area contributed by atoms with E-state index in [1.807, 2.05) is 6.92 Å². The number of alkyl halides is 3. The van der Waals surface area contributed by atoms with Gasteiger partial charge in [-0.3, -0.25) is 0 Å². The monoisotopic (exact) mass is 218 g/mol. The summed E-state index contributed by atoms with van der Waals surface area (Å²) in [4.78, 5) is 3.51. The molecule has 5 heteroatoms. The molecule has 1 aromatic heterocycles. The Labute approximate surface area is 86.3 Å². The summed E-state index contributed by atoms with van der Waals surface area (Å²) in [5.41, 5.74) is 5.10. The second-order valence-electron chi connectivity index (χ2n) is 3.34. The third-order valence-corrected chi connectivity index (χ3v) is 2.04. The van der Waals surface area contributed by atoms with Crippen LogP contribution in [-0.4, -0.2) is 4.98 Å². The largest absolute Gasteiger partial charge is 0.433 e. The van der Waals surface area contributed by atoms with Crippen LogP contribution in [0.2, 0.25) is 0 Å². The lowest BCUT2D eigenvalue weighted by atomic mass is 10.1. The maximum absolute atomic E-state index is 12.3. The van der Waals surface area contributed by atoms with Crippen molar-refractivity contribution in [3.63, 3.8) is 0 Å². The fourth-order valence-electron chi connectivity index (χ4n) is 1.27. The molecule has 0 spiro atoms. The maximum Gasteiger partial charge on any atom is 0.433 e. The molecule has 0 amide bonds. The van der Waals surface area contributed by atoms with Gasteiger partial charge in [-0.2, -0.15) is 13.2 Å². The van der Waals surface area contributed by atoms with E-state index < -0.39 is 17.9 Å². The molecule has 0 saturated heterocycles. The molecule has 1 rings (SSSR count). The molecule has 2 nitrogen and oxygen atoms in total. The molecule has 2 N–H and O–H groups in total. The molecule has 0 radical (unpaired) electrons. The molecule has 0 fully saturated rings. The Morgan fingerprint density at radius 2 is 2.07 bits per heavy atom. The molecule has 1 atom stereocenters. The zero-order valence-electron chi connectivity index (χ0n) is 8.38. The molecule has 0 aliphatic carbocycles. The first-order valence-corrected chi connectivity index (χ1v) is 4.75. The molecule has 1 heterocycles. The van der Waals surface area contributed by atoms with Gasteiger partial charge in [-0.25, -0.2) is 4.98 Å². The average molecular weight is 218 g/mol. The van der Waals surface area contributed by atoms with Crippen molar-refractivity contribution in [2.75, 3.05) is 0 Å². The summed E-state index contributed by atoms with van der Waals surface area (Å²) < 4.78 is 36.9. The lowest BCUT2D eigenvalue weighted by Crippen LogP contribution is -2.15. The predicted molar refractivity (Wildman–Crippen MR) is 51.1 cm³/mol. The van der Waals surface area contributed by atoms with Gasteiger partial charge in [0.1, 0.15) is 5.69 Å². The first-order valence-electron chi connectivity index (χ1n) is 4.75. The summed E-state index contributed by atoms with van der Waals surface area (Å²) in [6.45, 7) is 1.92. The Hall–Kier alpha value is -1.10. The Morgan fingerprint density at radius 3 is 2.60 bits per heavy atom. The van der Waals surface area contributed by atoms with Gasteiger partial charge in [0.2, 0.25) is 0 Å². The summed E-state index contributed by atoms with van der Waals surface area (Å²) in [6, 6.07) is 3.38. The molecular formula is C10H13F3N2. The van der Waals surface area contributed by atoms with Crippen molar-refractivity contribution in [2.45, 2.75) is 32.0 Å². The van der Waals surface area contributed by atoms with Crippen molar-refractivity contribution >= 4 is 0 Å². The minimum atomic E-state index is -4.40. The highest BCUT2D eigenvalue weighted by Crippen LogP contribution is 2.28.